The molecule has 4 nitrogen and oxygen atoms in total. The van der Waals surface area contributed by atoms with Crippen LogP contribution in [-0.2, 0) is 4.79 Å². The molecule has 0 bridgehead atoms. The minimum atomic E-state index is 0.271. The lowest BCUT2D eigenvalue weighted by atomic mass is 9.95. The van der Waals surface area contributed by atoms with Crippen molar-refractivity contribution >= 4 is 5.78 Å². The van der Waals surface area contributed by atoms with Gasteiger partial charge in [-0.2, -0.15) is 0 Å². The van der Waals surface area contributed by atoms with Gasteiger partial charge >= 0.3 is 0 Å². The van der Waals surface area contributed by atoms with E-state index in [2.05, 4.69) is 10.0 Å². The lowest BCUT2D eigenvalue weighted by Gasteiger charge is -2.10. The third kappa shape index (κ3) is 3.30. The molecule has 0 aromatic heterocycles. The van der Waals surface area contributed by atoms with Crippen LogP contribution in [-0.4, -0.2) is 12.3 Å². The minimum Gasteiger partial charge on any atom is -0.295 e. The zero-order chi connectivity index (χ0) is 9.52. The number of azide groups is 1. The van der Waals surface area contributed by atoms with Crippen LogP contribution in [0.2, 0.25) is 0 Å². The first kappa shape index (κ1) is 9.81. The summed E-state index contributed by atoms with van der Waals surface area (Å²) >= 11 is 0. The van der Waals surface area contributed by atoms with Gasteiger partial charge in [-0.25, -0.2) is 0 Å². The molecule has 1 rings (SSSR count). The SMILES string of the molecule is [N-]=[N+]=NCCCC1=CCCCC1=O. The van der Waals surface area contributed by atoms with Gasteiger partial charge in [0.25, 0.3) is 0 Å². The van der Waals surface area contributed by atoms with Crippen LogP contribution in [0, 0.1) is 0 Å². The van der Waals surface area contributed by atoms with E-state index in [0.29, 0.717) is 13.0 Å². The predicted molar refractivity (Wildman–Crippen MR) is 50.2 cm³/mol. The molecule has 4 heteroatoms. The minimum absolute atomic E-state index is 0.271. The first-order chi connectivity index (χ1) is 6.34. The second kappa shape index (κ2) is 5.38. The molecule has 1 aliphatic rings. The van der Waals surface area contributed by atoms with Crippen LogP contribution in [0.25, 0.3) is 10.4 Å². The van der Waals surface area contributed by atoms with Crippen LogP contribution < -0.4 is 0 Å². The molecule has 0 saturated heterocycles. The molecule has 0 heterocycles. The van der Waals surface area contributed by atoms with Gasteiger partial charge in [-0.15, -0.1) is 0 Å². The number of carbonyl (C=O) groups is 1. The molecule has 0 aromatic rings. The highest BCUT2D eigenvalue weighted by molar-refractivity contribution is 5.95. The summed E-state index contributed by atoms with van der Waals surface area (Å²) in [5.74, 6) is 0.271. The van der Waals surface area contributed by atoms with Crippen molar-refractivity contribution in [3.63, 3.8) is 0 Å². The molecule has 0 saturated carbocycles. The molecule has 0 unspecified atom stereocenters. The Morgan fingerprint density at radius 1 is 1.62 bits per heavy atom. The van der Waals surface area contributed by atoms with Gasteiger partial charge in [0.15, 0.2) is 5.78 Å². The molecule has 1 aliphatic carbocycles. The average molecular weight is 179 g/mol. The van der Waals surface area contributed by atoms with Gasteiger partial charge in [-0.3, -0.25) is 4.79 Å². The number of allylic oxidation sites excluding steroid dienone is 2. The fraction of sp³-hybridized carbons (Fsp3) is 0.667. The number of nitrogens with zero attached hydrogens (tertiary/aromatic N) is 3. The van der Waals surface area contributed by atoms with Crippen LogP contribution in [0.5, 0.6) is 0 Å². The summed E-state index contributed by atoms with van der Waals surface area (Å²) in [6.45, 7) is 0.487. The Morgan fingerprint density at radius 3 is 3.15 bits per heavy atom. The first-order valence-corrected chi connectivity index (χ1v) is 4.57. The summed E-state index contributed by atoms with van der Waals surface area (Å²) < 4.78 is 0. The lowest BCUT2D eigenvalue weighted by molar-refractivity contribution is -0.116. The quantitative estimate of drug-likeness (QED) is 0.283. The van der Waals surface area contributed by atoms with E-state index in [1.165, 1.54) is 0 Å². The molecular formula is C9H13N3O. The van der Waals surface area contributed by atoms with Gasteiger partial charge in [0.2, 0.25) is 0 Å². The Morgan fingerprint density at radius 2 is 2.46 bits per heavy atom. The molecule has 0 radical (unpaired) electrons. The summed E-state index contributed by atoms with van der Waals surface area (Å²) in [6.07, 6.45) is 6.25. The van der Waals surface area contributed by atoms with Crippen LogP contribution in [0.4, 0.5) is 0 Å². The maximum Gasteiger partial charge on any atom is 0.158 e. The smallest absolute Gasteiger partial charge is 0.158 e. The van der Waals surface area contributed by atoms with Crippen molar-refractivity contribution in [2.45, 2.75) is 32.1 Å². The first-order valence-electron chi connectivity index (χ1n) is 4.57. The van der Waals surface area contributed by atoms with Crippen molar-refractivity contribution < 1.29 is 4.79 Å². The normalized spacial score (nSPS) is 16.3. The summed E-state index contributed by atoms with van der Waals surface area (Å²) in [5, 5.41) is 3.42. The van der Waals surface area contributed by atoms with Crippen molar-refractivity contribution in [3.8, 4) is 0 Å². The standard InChI is InChI=1S/C9H13N3O/c10-12-11-7-3-5-8-4-1-2-6-9(8)13/h4H,1-3,5-7H2. The molecule has 0 atom stereocenters. The van der Waals surface area contributed by atoms with Gasteiger partial charge < -0.3 is 0 Å². The van der Waals surface area contributed by atoms with Crippen molar-refractivity contribution in [1.29, 1.82) is 0 Å². The number of hydrogen-bond acceptors (Lipinski definition) is 2. The van der Waals surface area contributed by atoms with E-state index in [1.54, 1.807) is 0 Å². The molecule has 13 heavy (non-hydrogen) atoms. The number of rotatable bonds is 4. The summed E-state index contributed by atoms with van der Waals surface area (Å²) in [6, 6.07) is 0. The zero-order valence-corrected chi connectivity index (χ0v) is 7.57. The third-order valence-corrected chi connectivity index (χ3v) is 2.12. The fourth-order valence-corrected chi connectivity index (χ4v) is 1.44. The average Bonchev–Trinajstić information content (AvgIpc) is 2.15. The number of ketones is 1. The van der Waals surface area contributed by atoms with Gasteiger partial charge in [0.05, 0.1) is 0 Å². The van der Waals surface area contributed by atoms with E-state index in [4.69, 9.17) is 5.53 Å². The van der Waals surface area contributed by atoms with Crippen molar-refractivity contribution in [2.75, 3.05) is 6.54 Å². The summed E-state index contributed by atoms with van der Waals surface area (Å²) in [4.78, 5) is 13.9. The fourth-order valence-electron chi connectivity index (χ4n) is 1.44. The maximum absolute atomic E-state index is 11.3. The van der Waals surface area contributed by atoms with Crippen LogP contribution in [0.3, 0.4) is 0 Å². The summed E-state index contributed by atoms with van der Waals surface area (Å²) in [7, 11) is 0. The molecular weight excluding hydrogens is 166 g/mol. The van der Waals surface area contributed by atoms with Crippen molar-refractivity contribution in [1.82, 2.24) is 0 Å². The van der Waals surface area contributed by atoms with E-state index in [0.717, 1.165) is 31.3 Å². The van der Waals surface area contributed by atoms with E-state index in [1.807, 2.05) is 6.08 Å². The lowest BCUT2D eigenvalue weighted by Crippen LogP contribution is -2.07. The van der Waals surface area contributed by atoms with E-state index in [9.17, 15) is 4.79 Å². The Labute approximate surface area is 77.3 Å². The highest BCUT2D eigenvalue weighted by atomic mass is 16.1. The van der Waals surface area contributed by atoms with Crippen molar-refractivity contribution in [2.24, 2.45) is 5.11 Å². The molecule has 0 aromatic carbocycles. The zero-order valence-electron chi connectivity index (χ0n) is 7.57. The number of carbonyl (C=O) groups excluding carboxylic acids is 1. The molecule has 0 N–H and O–H groups in total. The van der Waals surface area contributed by atoms with Crippen LogP contribution >= 0.6 is 0 Å². The van der Waals surface area contributed by atoms with Gasteiger partial charge in [-0.05, 0) is 36.8 Å². The topological polar surface area (TPSA) is 65.8 Å². The van der Waals surface area contributed by atoms with Crippen LogP contribution in [0.1, 0.15) is 32.1 Å². The number of Topliss-reactive ketones (excluding diaryl/α,β-unsaturated/α-hetero) is 1. The van der Waals surface area contributed by atoms with Crippen LogP contribution in [0.15, 0.2) is 16.8 Å². The van der Waals surface area contributed by atoms with Gasteiger partial charge in [0.1, 0.15) is 0 Å². The highest BCUT2D eigenvalue weighted by Gasteiger charge is 2.11. The third-order valence-electron chi connectivity index (χ3n) is 2.12. The molecule has 0 fully saturated rings. The van der Waals surface area contributed by atoms with E-state index in [-0.39, 0.29) is 5.78 Å². The maximum atomic E-state index is 11.3. The second-order valence-electron chi connectivity index (χ2n) is 3.10. The highest BCUT2D eigenvalue weighted by Crippen LogP contribution is 2.17. The number of hydrogen-bond donors (Lipinski definition) is 0. The Bertz CT molecular complexity index is 264. The molecule has 0 aliphatic heterocycles. The molecule has 70 valence electrons. The molecule has 0 amide bonds. The van der Waals surface area contributed by atoms with Crippen molar-refractivity contribution in [3.05, 3.63) is 22.1 Å². The van der Waals surface area contributed by atoms with E-state index >= 15 is 0 Å². The Hall–Kier alpha value is -1.28. The monoisotopic (exact) mass is 179 g/mol. The van der Waals surface area contributed by atoms with Gasteiger partial charge in [0, 0.05) is 17.9 Å². The largest absolute Gasteiger partial charge is 0.295 e. The predicted octanol–water partition coefficient (Wildman–Crippen LogP) is 2.76. The van der Waals surface area contributed by atoms with E-state index < -0.39 is 0 Å². The Balaban J connectivity index is 2.30. The summed E-state index contributed by atoms with van der Waals surface area (Å²) in [5.41, 5.74) is 8.96. The van der Waals surface area contributed by atoms with Gasteiger partial charge in [-0.1, -0.05) is 11.2 Å². The Kier molecular flexibility index (Phi) is 4.06. The second-order valence-corrected chi connectivity index (χ2v) is 3.10. The molecule has 0 spiro atoms.